The molecule has 4 aromatic rings. The summed E-state index contributed by atoms with van der Waals surface area (Å²) in [6.45, 7) is 1.44. The molecule has 0 unspecified atom stereocenters. The molecule has 1 aliphatic heterocycles. The molecule has 5 N–H and O–H groups in total. The number of piperidine rings is 1. The summed E-state index contributed by atoms with van der Waals surface area (Å²) in [5.41, 5.74) is 6.85. The summed E-state index contributed by atoms with van der Waals surface area (Å²) in [5, 5.41) is 13.4. The van der Waals surface area contributed by atoms with E-state index in [1.807, 2.05) is 24.3 Å². The summed E-state index contributed by atoms with van der Waals surface area (Å²) in [6.07, 6.45) is 1.53. The van der Waals surface area contributed by atoms with Crippen LogP contribution in [0.3, 0.4) is 0 Å². The molecule has 1 aliphatic rings. The molecule has 0 spiro atoms. The van der Waals surface area contributed by atoms with E-state index in [4.69, 9.17) is 11.1 Å². The number of hydrogen-bond acceptors (Lipinski definition) is 6. The summed E-state index contributed by atoms with van der Waals surface area (Å²) in [4.78, 5) is 40.4. The zero-order chi connectivity index (χ0) is 32.0. The van der Waals surface area contributed by atoms with Crippen LogP contribution >= 0.6 is 0 Å². The lowest BCUT2D eigenvalue weighted by atomic mass is 9.98. The van der Waals surface area contributed by atoms with Gasteiger partial charge in [0.1, 0.15) is 5.25 Å². The van der Waals surface area contributed by atoms with Crippen molar-refractivity contribution < 1.29 is 22.8 Å². The van der Waals surface area contributed by atoms with Crippen molar-refractivity contribution in [2.45, 2.75) is 29.4 Å². The van der Waals surface area contributed by atoms with E-state index in [1.54, 1.807) is 71.6 Å². The fraction of sp³-hybridized carbons (Fsp3) is 0.235. The third-order valence-corrected chi connectivity index (χ3v) is 10.1. The summed E-state index contributed by atoms with van der Waals surface area (Å²) < 4.78 is 28.1. The molecule has 2 atom stereocenters. The highest BCUT2D eigenvalue weighted by atomic mass is 32.2. The number of benzene rings is 4. The SMILES string of the molecule is N=C(N)N1CCC[C@@H](CNC(=O)[C@@H](Cc2ccc(NC(=O)C(=O)c3ccccc3)cc2)S(=O)(=O)c2ccc3ccccc3c2)C1. The van der Waals surface area contributed by atoms with Crippen LogP contribution < -0.4 is 16.4 Å². The Kier molecular flexibility index (Phi) is 9.58. The number of anilines is 1. The van der Waals surface area contributed by atoms with E-state index >= 15 is 0 Å². The zero-order valence-electron chi connectivity index (χ0n) is 24.6. The molecular weight excluding hydrogens is 590 g/mol. The molecule has 2 amide bonds. The number of amides is 2. The average molecular weight is 626 g/mol. The minimum Gasteiger partial charge on any atom is -0.370 e. The summed E-state index contributed by atoms with van der Waals surface area (Å²) in [7, 11) is -4.13. The Morgan fingerprint density at radius 3 is 2.31 bits per heavy atom. The van der Waals surface area contributed by atoms with Gasteiger partial charge in [-0.1, -0.05) is 72.8 Å². The first-order valence-electron chi connectivity index (χ1n) is 14.7. The second kappa shape index (κ2) is 13.7. The van der Waals surface area contributed by atoms with Gasteiger partial charge in [-0.2, -0.15) is 0 Å². The van der Waals surface area contributed by atoms with Crippen molar-refractivity contribution in [2.24, 2.45) is 11.7 Å². The fourth-order valence-corrected chi connectivity index (χ4v) is 7.16. The number of carbonyl (C=O) groups is 3. The number of ketones is 1. The molecule has 45 heavy (non-hydrogen) atoms. The van der Waals surface area contributed by atoms with Gasteiger partial charge in [-0.3, -0.25) is 19.8 Å². The molecule has 0 radical (unpaired) electrons. The number of guanidine groups is 1. The maximum atomic E-state index is 14.0. The quantitative estimate of drug-likeness (QED) is 0.0902. The van der Waals surface area contributed by atoms with E-state index < -0.39 is 32.7 Å². The number of rotatable bonds is 10. The Morgan fingerprint density at radius 2 is 1.60 bits per heavy atom. The predicted octanol–water partition coefficient (Wildman–Crippen LogP) is 3.77. The van der Waals surface area contributed by atoms with Crippen molar-refractivity contribution in [1.82, 2.24) is 10.2 Å². The largest absolute Gasteiger partial charge is 0.370 e. The van der Waals surface area contributed by atoms with Crippen LogP contribution in [0.2, 0.25) is 0 Å². The van der Waals surface area contributed by atoms with E-state index in [9.17, 15) is 22.8 Å². The van der Waals surface area contributed by atoms with E-state index in [-0.39, 0.29) is 35.3 Å². The Morgan fingerprint density at radius 1 is 0.911 bits per heavy atom. The lowest BCUT2D eigenvalue weighted by molar-refractivity contribution is -0.121. The third kappa shape index (κ3) is 7.55. The van der Waals surface area contributed by atoms with Crippen LogP contribution in [0, 0.1) is 11.3 Å². The highest BCUT2D eigenvalue weighted by Crippen LogP contribution is 2.25. The molecule has 0 saturated carbocycles. The van der Waals surface area contributed by atoms with Crippen molar-refractivity contribution in [3.05, 3.63) is 108 Å². The second-order valence-electron chi connectivity index (χ2n) is 11.2. The van der Waals surface area contributed by atoms with Gasteiger partial charge in [-0.15, -0.1) is 0 Å². The molecule has 1 heterocycles. The van der Waals surface area contributed by atoms with E-state index in [1.165, 1.54) is 6.07 Å². The Hall–Kier alpha value is -5.03. The molecule has 0 aromatic heterocycles. The summed E-state index contributed by atoms with van der Waals surface area (Å²) in [5.74, 6) is -2.09. The smallest absolute Gasteiger partial charge is 0.296 e. The Balaban J connectivity index is 1.35. The van der Waals surface area contributed by atoms with Crippen LogP contribution in [0.4, 0.5) is 5.69 Å². The normalized spacial score (nSPS) is 15.6. The number of sulfone groups is 1. The van der Waals surface area contributed by atoms with Crippen LogP contribution in [0.1, 0.15) is 28.8 Å². The number of fused-ring (bicyclic) bond motifs is 1. The van der Waals surface area contributed by atoms with Gasteiger partial charge < -0.3 is 21.3 Å². The third-order valence-electron chi connectivity index (χ3n) is 8.02. The van der Waals surface area contributed by atoms with E-state index in [2.05, 4.69) is 10.6 Å². The van der Waals surface area contributed by atoms with Crippen LogP contribution in [-0.4, -0.2) is 61.8 Å². The van der Waals surface area contributed by atoms with E-state index in [0.29, 0.717) is 24.3 Å². The lowest BCUT2D eigenvalue weighted by Gasteiger charge is -2.33. The second-order valence-corrected chi connectivity index (χ2v) is 13.3. The molecule has 0 bridgehead atoms. The highest BCUT2D eigenvalue weighted by Gasteiger charge is 2.35. The fourth-order valence-electron chi connectivity index (χ4n) is 5.51. The van der Waals surface area contributed by atoms with Crippen LogP contribution in [0.15, 0.2) is 102 Å². The molecule has 0 aliphatic carbocycles. The minimum absolute atomic E-state index is 0.0214. The van der Waals surface area contributed by atoms with Gasteiger partial charge in [0.2, 0.25) is 5.91 Å². The zero-order valence-corrected chi connectivity index (χ0v) is 25.4. The minimum atomic E-state index is -4.13. The van der Waals surface area contributed by atoms with Crippen molar-refractivity contribution in [2.75, 3.05) is 25.0 Å². The average Bonchev–Trinajstić information content (AvgIpc) is 3.06. The predicted molar refractivity (Wildman–Crippen MR) is 174 cm³/mol. The molecule has 1 fully saturated rings. The van der Waals surface area contributed by atoms with Crippen molar-refractivity contribution in [3.8, 4) is 0 Å². The number of nitrogens with one attached hydrogen (secondary N) is 3. The molecular formula is C34H35N5O5S. The first kappa shape index (κ1) is 31.4. The van der Waals surface area contributed by atoms with Crippen molar-refractivity contribution in [1.29, 1.82) is 5.41 Å². The molecule has 232 valence electrons. The molecule has 5 rings (SSSR count). The number of carbonyl (C=O) groups excluding carboxylic acids is 3. The monoisotopic (exact) mass is 625 g/mol. The van der Waals surface area contributed by atoms with Crippen LogP contribution in [-0.2, 0) is 25.8 Å². The molecule has 1 saturated heterocycles. The lowest BCUT2D eigenvalue weighted by Crippen LogP contribution is -2.48. The molecule has 10 nitrogen and oxygen atoms in total. The standard InChI is InChI=1S/C34H35N5O5S/c35-34(36)39-18-6-7-24(22-39)21-37-32(41)30(45(43,44)29-17-14-25-8-4-5-11-27(25)20-29)19-23-12-15-28(16-13-23)38-33(42)31(40)26-9-2-1-3-10-26/h1-5,8-17,20,24,30H,6-7,18-19,21-22H2,(H3,35,36)(H,37,41)(H,38,42)/t24-,30+/m0/s1. The van der Waals surface area contributed by atoms with Crippen molar-refractivity contribution >= 4 is 49.9 Å². The topological polar surface area (TPSA) is 163 Å². The Labute approximate surface area is 262 Å². The number of Topliss-reactive ketones (excluding diaryl/α,β-unsaturated/α-hetero) is 1. The highest BCUT2D eigenvalue weighted by molar-refractivity contribution is 7.92. The maximum Gasteiger partial charge on any atom is 0.296 e. The number of likely N-dealkylation sites (tertiary alicyclic amines) is 1. The van der Waals surface area contributed by atoms with Gasteiger partial charge in [0.15, 0.2) is 15.8 Å². The number of nitrogens with two attached hydrogens (primary N) is 1. The first-order valence-corrected chi connectivity index (χ1v) is 16.3. The van der Waals surface area contributed by atoms with E-state index in [0.717, 1.165) is 23.6 Å². The number of hydrogen-bond donors (Lipinski definition) is 4. The molecule has 11 heteroatoms. The van der Waals surface area contributed by atoms with Gasteiger partial charge in [0, 0.05) is 30.9 Å². The summed E-state index contributed by atoms with van der Waals surface area (Å²) in [6, 6.07) is 26.8. The van der Waals surface area contributed by atoms with Gasteiger partial charge in [-0.05, 0) is 65.8 Å². The van der Waals surface area contributed by atoms with Gasteiger partial charge in [-0.25, -0.2) is 8.42 Å². The summed E-state index contributed by atoms with van der Waals surface area (Å²) >= 11 is 0. The first-order chi connectivity index (χ1) is 21.6. The van der Waals surface area contributed by atoms with Gasteiger partial charge >= 0.3 is 0 Å². The molecule has 4 aromatic carbocycles. The van der Waals surface area contributed by atoms with Crippen LogP contribution in [0.25, 0.3) is 10.8 Å². The number of nitrogens with zero attached hydrogens (tertiary/aromatic N) is 1. The van der Waals surface area contributed by atoms with Gasteiger partial charge in [0.05, 0.1) is 4.90 Å². The Bertz CT molecular complexity index is 1830. The van der Waals surface area contributed by atoms with Crippen molar-refractivity contribution in [3.63, 3.8) is 0 Å². The maximum absolute atomic E-state index is 14.0. The van der Waals surface area contributed by atoms with Crippen LogP contribution in [0.5, 0.6) is 0 Å². The van der Waals surface area contributed by atoms with Gasteiger partial charge in [0.25, 0.3) is 11.7 Å².